The summed E-state index contributed by atoms with van der Waals surface area (Å²) in [5, 5.41) is 3.40. The Bertz CT molecular complexity index is 1230. The van der Waals surface area contributed by atoms with Gasteiger partial charge in [-0.15, -0.1) is 0 Å². The minimum Gasteiger partial charge on any atom is -0.454 e. The summed E-state index contributed by atoms with van der Waals surface area (Å²) in [5.41, 5.74) is 4.84. The Hall–Kier alpha value is -3.78. The molecular weight excluding hydrogens is 394 g/mol. The lowest BCUT2D eigenvalue weighted by atomic mass is 10.1. The number of fused-ring (bicyclic) bond motifs is 2. The van der Waals surface area contributed by atoms with E-state index in [1.54, 1.807) is 6.20 Å². The first-order chi connectivity index (χ1) is 15.3. The van der Waals surface area contributed by atoms with Crippen LogP contribution >= 0.6 is 0 Å². The molecule has 2 aliphatic rings. The molecule has 0 atom stereocenters. The fraction of sp³-hybridized carbons (Fsp3) is 0.217. The number of benzene rings is 2. The Balaban J connectivity index is 1.29. The maximum absolute atomic E-state index is 5.52. The van der Waals surface area contributed by atoms with Crippen molar-refractivity contribution in [3.63, 3.8) is 0 Å². The SMILES string of the molecule is c1cn2c(-c3ccc4c(c3)OCO4)cnc(Nc3ccc(N4CCOCC4)cc3)c2n1. The number of rotatable bonds is 4. The molecule has 1 fully saturated rings. The van der Waals surface area contributed by atoms with Crippen molar-refractivity contribution in [1.29, 1.82) is 0 Å². The van der Waals surface area contributed by atoms with Crippen LogP contribution in [-0.2, 0) is 4.74 Å². The monoisotopic (exact) mass is 415 g/mol. The second-order valence-electron chi connectivity index (χ2n) is 7.45. The van der Waals surface area contributed by atoms with E-state index in [2.05, 4.69) is 44.5 Å². The fourth-order valence-electron chi connectivity index (χ4n) is 3.99. The van der Waals surface area contributed by atoms with E-state index in [-0.39, 0.29) is 6.79 Å². The molecule has 4 aromatic rings. The molecule has 2 aromatic carbocycles. The summed E-state index contributed by atoms with van der Waals surface area (Å²) in [6.07, 6.45) is 5.56. The summed E-state index contributed by atoms with van der Waals surface area (Å²) in [5.74, 6) is 2.21. The molecular formula is C23H21N5O3. The van der Waals surface area contributed by atoms with E-state index in [4.69, 9.17) is 14.2 Å². The highest BCUT2D eigenvalue weighted by molar-refractivity contribution is 5.75. The molecule has 0 unspecified atom stereocenters. The highest BCUT2D eigenvalue weighted by Crippen LogP contribution is 2.36. The molecule has 4 heterocycles. The minimum atomic E-state index is 0.255. The summed E-state index contributed by atoms with van der Waals surface area (Å²) < 4.78 is 18.4. The first-order valence-electron chi connectivity index (χ1n) is 10.3. The predicted octanol–water partition coefficient (Wildman–Crippen LogP) is 3.71. The molecule has 31 heavy (non-hydrogen) atoms. The van der Waals surface area contributed by atoms with E-state index in [9.17, 15) is 0 Å². The normalized spacial score (nSPS) is 15.4. The zero-order valence-electron chi connectivity index (χ0n) is 16.8. The second kappa shape index (κ2) is 7.48. The molecule has 6 rings (SSSR count). The lowest BCUT2D eigenvalue weighted by Gasteiger charge is -2.28. The van der Waals surface area contributed by atoms with E-state index >= 15 is 0 Å². The number of hydrogen-bond acceptors (Lipinski definition) is 7. The van der Waals surface area contributed by atoms with E-state index in [0.717, 1.165) is 60.4 Å². The van der Waals surface area contributed by atoms with Crippen molar-refractivity contribution < 1.29 is 14.2 Å². The summed E-state index contributed by atoms with van der Waals surface area (Å²) >= 11 is 0. The molecule has 2 aliphatic heterocycles. The quantitative estimate of drug-likeness (QED) is 0.545. The van der Waals surface area contributed by atoms with Crippen molar-refractivity contribution >= 4 is 22.8 Å². The molecule has 156 valence electrons. The van der Waals surface area contributed by atoms with Crippen LogP contribution in [0.1, 0.15) is 0 Å². The predicted molar refractivity (Wildman–Crippen MR) is 117 cm³/mol. The van der Waals surface area contributed by atoms with Gasteiger partial charge in [0, 0.05) is 42.4 Å². The molecule has 0 bridgehead atoms. The van der Waals surface area contributed by atoms with Crippen LogP contribution in [0.3, 0.4) is 0 Å². The number of nitrogens with one attached hydrogen (secondary N) is 1. The fourth-order valence-corrected chi connectivity index (χ4v) is 3.99. The average Bonchev–Trinajstić information content (AvgIpc) is 3.50. The van der Waals surface area contributed by atoms with Crippen molar-refractivity contribution in [2.45, 2.75) is 0 Å². The van der Waals surface area contributed by atoms with Gasteiger partial charge in [0.25, 0.3) is 0 Å². The first-order valence-corrected chi connectivity index (χ1v) is 10.3. The van der Waals surface area contributed by atoms with Gasteiger partial charge in [-0.2, -0.15) is 0 Å². The van der Waals surface area contributed by atoms with Gasteiger partial charge >= 0.3 is 0 Å². The molecule has 8 nitrogen and oxygen atoms in total. The van der Waals surface area contributed by atoms with Crippen molar-refractivity contribution in [3.8, 4) is 22.8 Å². The number of aromatic nitrogens is 3. The summed E-state index contributed by atoms with van der Waals surface area (Å²) in [7, 11) is 0. The Kier molecular flexibility index (Phi) is 4.35. The maximum Gasteiger partial charge on any atom is 0.231 e. The van der Waals surface area contributed by atoms with Gasteiger partial charge in [0.1, 0.15) is 0 Å². The maximum atomic E-state index is 5.52. The molecule has 0 radical (unpaired) electrons. The Morgan fingerprint density at radius 3 is 2.61 bits per heavy atom. The molecule has 0 aliphatic carbocycles. The largest absolute Gasteiger partial charge is 0.454 e. The molecule has 8 heteroatoms. The number of morpholine rings is 1. The van der Waals surface area contributed by atoms with Gasteiger partial charge < -0.3 is 24.4 Å². The third-order valence-electron chi connectivity index (χ3n) is 5.60. The molecule has 1 N–H and O–H groups in total. The standard InChI is InChI=1S/C23H21N5O3/c1-6-20-21(31-15-30-20)13-16(1)19-14-25-22(23-24-7-8-28(19)23)26-17-2-4-18(5-3-17)27-9-11-29-12-10-27/h1-8,13-14H,9-12,15H2,(H,25,26). The molecule has 0 spiro atoms. The van der Waals surface area contributed by atoms with Crippen LogP contribution in [0.4, 0.5) is 17.2 Å². The third kappa shape index (κ3) is 3.30. The zero-order valence-corrected chi connectivity index (χ0v) is 16.8. The van der Waals surface area contributed by atoms with Crippen molar-refractivity contribution in [3.05, 3.63) is 61.1 Å². The van der Waals surface area contributed by atoms with Gasteiger partial charge in [0.15, 0.2) is 23.0 Å². The van der Waals surface area contributed by atoms with E-state index in [1.165, 1.54) is 5.69 Å². The molecule has 2 aromatic heterocycles. The van der Waals surface area contributed by atoms with Crippen LogP contribution in [0, 0.1) is 0 Å². The van der Waals surface area contributed by atoms with Gasteiger partial charge in [0.2, 0.25) is 6.79 Å². The molecule has 1 saturated heterocycles. The molecule has 0 saturated carbocycles. The van der Waals surface area contributed by atoms with Crippen LogP contribution in [-0.4, -0.2) is 47.5 Å². The van der Waals surface area contributed by atoms with Gasteiger partial charge in [-0.25, -0.2) is 9.97 Å². The number of ether oxygens (including phenoxy) is 3. The van der Waals surface area contributed by atoms with Crippen molar-refractivity contribution in [1.82, 2.24) is 14.4 Å². The van der Waals surface area contributed by atoms with Crippen molar-refractivity contribution in [2.24, 2.45) is 0 Å². The smallest absolute Gasteiger partial charge is 0.231 e. The Morgan fingerprint density at radius 2 is 1.74 bits per heavy atom. The third-order valence-corrected chi connectivity index (χ3v) is 5.60. The number of anilines is 3. The van der Waals surface area contributed by atoms with E-state index in [0.29, 0.717) is 5.82 Å². The van der Waals surface area contributed by atoms with Crippen LogP contribution < -0.4 is 19.7 Å². The number of nitrogens with zero attached hydrogens (tertiary/aromatic N) is 4. The summed E-state index contributed by atoms with van der Waals surface area (Å²) in [4.78, 5) is 11.5. The van der Waals surface area contributed by atoms with Crippen LogP contribution in [0.25, 0.3) is 16.9 Å². The zero-order chi connectivity index (χ0) is 20.6. The lowest BCUT2D eigenvalue weighted by Crippen LogP contribution is -2.36. The average molecular weight is 415 g/mol. The highest BCUT2D eigenvalue weighted by Gasteiger charge is 2.17. The van der Waals surface area contributed by atoms with E-state index in [1.807, 2.05) is 35.0 Å². The van der Waals surface area contributed by atoms with Gasteiger partial charge in [0.05, 0.1) is 25.1 Å². The lowest BCUT2D eigenvalue weighted by molar-refractivity contribution is 0.122. The number of hydrogen-bond donors (Lipinski definition) is 1. The Morgan fingerprint density at radius 1 is 0.903 bits per heavy atom. The van der Waals surface area contributed by atoms with Crippen LogP contribution in [0.2, 0.25) is 0 Å². The van der Waals surface area contributed by atoms with Crippen LogP contribution in [0.15, 0.2) is 61.1 Å². The summed E-state index contributed by atoms with van der Waals surface area (Å²) in [6.45, 7) is 3.65. The molecule has 0 amide bonds. The summed E-state index contributed by atoms with van der Waals surface area (Å²) in [6, 6.07) is 14.3. The van der Waals surface area contributed by atoms with Gasteiger partial charge in [-0.3, -0.25) is 4.40 Å². The highest BCUT2D eigenvalue weighted by atomic mass is 16.7. The Labute approximate surface area is 179 Å². The topological polar surface area (TPSA) is 73.2 Å². The minimum absolute atomic E-state index is 0.255. The number of imidazole rings is 1. The van der Waals surface area contributed by atoms with Gasteiger partial charge in [-0.1, -0.05) is 0 Å². The first kappa shape index (κ1) is 18.0. The second-order valence-corrected chi connectivity index (χ2v) is 7.45. The van der Waals surface area contributed by atoms with Gasteiger partial charge in [-0.05, 0) is 42.5 Å². The van der Waals surface area contributed by atoms with Crippen LogP contribution in [0.5, 0.6) is 11.5 Å². The van der Waals surface area contributed by atoms with Crippen molar-refractivity contribution in [2.75, 3.05) is 43.3 Å². The van der Waals surface area contributed by atoms with E-state index < -0.39 is 0 Å².